The van der Waals surface area contributed by atoms with Crippen molar-refractivity contribution in [2.75, 3.05) is 0 Å². The summed E-state index contributed by atoms with van der Waals surface area (Å²) in [6, 6.07) is 26.4. The molecular formula is C26H18F3N3. The number of aryl methyl sites for hydroxylation is 1. The van der Waals surface area contributed by atoms with Crippen molar-refractivity contribution in [3.8, 4) is 28.2 Å². The first-order chi connectivity index (χ1) is 15.4. The van der Waals surface area contributed by atoms with Crippen molar-refractivity contribution in [2.24, 2.45) is 0 Å². The molecule has 6 heteroatoms. The van der Waals surface area contributed by atoms with Gasteiger partial charge in [0.25, 0.3) is 0 Å². The van der Waals surface area contributed by atoms with Crippen molar-refractivity contribution < 1.29 is 13.2 Å². The first-order valence-corrected chi connectivity index (χ1v) is 10.1. The minimum absolute atomic E-state index is 0.0107. The second kappa shape index (κ2) is 7.64. The molecule has 0 N–H and O–H groups in total. The molecule has 5 rings (SSSR count). The van der Waals surface area contributed by atoms with Gasteiger partial charge in [0.1, 0.15) is 5.69 Å². The number of fused-ring (bicyclic) bond motifs is 1. The zero-order valence-electron chi connectivity index (χ0n) is 17.1. The lowest BCUT2D eigenvalue weighted by molar-refractivity contribution is -0.136. The third-order valence-electron chi connectivity index (χ3n) is 5.34. The lowest BCUT2D eigenvalue weighted by Gasteiger charge is -2.12. The lowest BCUT2D eigenvalue weighted by Crippen LogP contribution is -2.08. The molecule has 158 valence electrons. The van der Waals surface area contributed by atoms with Gasteiger partial charge < -0.3 is 0 Å². The Bertz CT molecular complexity index is 1390. The molecule has 0 amide bonds. The Morgan fingerprint density at radius 2 is 1.38 bits per heavy atom. The first-order valence-electron chi connectivity index (χ1n) is 10.1. The van der Waals surface area contributed by atoms with Crippen LogP contribution in [0.5, 0.6) is 0 Å². The normalized spacial score (nSPS) is 11.8. The molecule has 0 bridgehead atoms. The average molecular weight is 429 g/mol. The van der Waals surface area contributed by atoms with E-state index in [4.69, 9.17) is 0 Å². The van der Waals surface area contributed by atoms with Crippen LogP contribution in [-0.4, -0.2) is 14.8 Å². The molecule has 0 fully saturated rings. The highest BCUT2D eigenvalue weighted by molar-refractivity contribution is 5.96. The molecule has 0 aliphatic rings. The van der Waals surface area contributed by atoms with Crippen molar-refractivity contribution in [3.63, 3.8) is 0 Å². The number of halogens is 3. The van der Waals surface area contributed by atoms with Gasteiger partial charge in [-0.2, -0.15) is 18.3 Å². The van der Waals surface area contributed by atoms with Crippen LogP contribution in [0.1, 0.15) is 11.1 Å². The summed E-state index contributed by atoms with van der Waals surface area (Å²) in [7, 11) is 0. The van der Waals surface area contributed by atoms with Gasteiger partial charge in [0.05, 0.1) is 22.3 Å². The van der Waals surface area contributed by atoms with Gasteiger partial charge in [-0.25, -0.2) is 9.67 Å². The second-order valence-corrected chi connectivity index (χ2v) is 7.58. The summed E-state index contributed by atoms with van der Waals surface area (Å²) >= 11 is 0. The third-order valence-corrected chi connectivity index (χ3v) is 5.34. The van der Waals surface area contributed by atoms with Crippen LogP contribution in [0, 0.1) is 6.92 Å². The highest BCUT2D eigenvalue weighted by atomic mass is 19.4. The summed E-state index contributed by atoms with van der Waals surface area (Å²) in [5.41, 5.74) is 2.79. The van der Waals surface area contributed by atoms with Crippen LogP contribution in [0.15, 0.2) is 91.0 Å². The van der Waals surface area contributed by atoms with Gasteiger partial charge >= 0.3 is 6.18 Å². The molecule has 0 saturated carbocycles. The molecule has 0 spiro atoms. The van der Waals surface area contributed by atoms with Crippen LogP contribution in [0.25, 0.3) is 39.2 Å². The van der Waals surface area contributed by atoms with E-state index in [0.717, 1.165) is 11.6 Å². The maximum absolute atomic E-state index is 14.3. The fourth-order valence-electron chi connectivity index (χ4n) is 3.76. The van der Waals surface area contributed by atoms with E-state index in [-0.39, 0.29) is 22.4 Å². The minimum atomic E-state index is -4.57. The summed E-state index contributed by atoms with van der Waals surface area (Å²) in [4.78, 5) is 4.67. The lowest BCUT2D eigenvalue weighted by atomic mass is 10.0. The largest absolute Gasteiger partial charge is 0.417 e. The Morgan fingerprint density at radius 3 is 2.00 bits per heavy atom. The molecule has 0 radical (unpaired) electrons. The standard InChI is InChI=1S/C26H18F3N3/c1-17-12-14-18(15-13-17)22-16-21(26(27,28)29)23-24(19-8-4-2-5-9-19)31-32(25(23)30-22)20-10-6-3-7-11-20/h2-16H,1H3. The molecule has 0 unspecified atom stereocenters. The smallest absolute Gasteiger partial charge is 0.228 e. The van der Waals surface area contributed by atoms with Crippen LogP contribution in [-0.2, 0) is 6.18 Å². The van der Waals surface area contributed by atoms with Gasteiger partial charge in [-0.05, 0) is 25.1 Å². The zero-order chi connectivity index (χ0) is 22.3. The third kappa shape index (κ3) is 3.54. The van der Waals surface area contributed by atoms with Gasteiger partial charge in [0.2, 0.25) is 0 Å². The summed E-state index contributed by atoms with van der Waals surface area (Å²) in [6.07, 6.45) is -4.57. The van der Waals surface area contributed by atoms with Crippen LogP contribution in [0.3, 0.4) is 0 Å². The van der Waals surface area contributed by atoms with Crippen molar-refractivity contribution >= 4 is 11.0 Å². The number of aromatic nitrogens is 3. The van der Waals surface area contributed by atoms with Crippen LogP contribution >= 0.6 is 0 Å². The Balaban J connectivity index is 1.89. The van der Waals surface area contributed by atoms with Gasteiger partial charge in [-0.3, -0.25) is 0 Å². The molecular weight excluding hydrogens is 411 g/mol. The summed E-state index contributed by atoms with van der Waals surface area (Å²) < 4.78 is 44.5. The van der Waals surface area contributed by atoms with E-state index in [2.05, 4.69) is 10.1 Å². The SMILES string of the molecule is Cc1ccc(-c2cc(C(F)(F)F)c3c(-c4ccccc4)nn(-c4ccccc4)c3n2)cc1. The van der Waals surface area contributed by atoms with E-state index in [1.807, 2.05) is 43.3 Å². The van der Waals surface area contributed by atoms with Crippen LogP contribution in [0.2, 0.25) is 0 Å². The van der Waals surface area contributed by atoms with E-state index in [1.54, 1.807) is 48.5 Å². The number of hydrogen-bond donors (Lipinski definition) is 0. The number of alkyl halides is 3. The molecule has 32 heavy (non-hydrogen) atoms. The van der Waals surface area contributed by atoms with Gasteiger partial charge in [0, 0.05) is 11.1 Å². The number of para-hydroxylation sites is 1. The Kier molecular flexibility index (Phi) is 4.78. The molecule has 3 aromatic carbocycles. The fourth-order valence-corrected chi connectivity index (χ4v) is 3.76. The highest BCUT2D eigenvalue weighted by Crippen LogP contribution is 2.41. The molecule has 0 aliphatic heterocycles. The minimum Gasteiger partial charge on any atom is -0.228 e. The van der Waals surface area contributed by atoms with E-state index in [1.165, 1.54) is 4.68 Å². The topological polar surface area (TPSA) is 30.7 Å². The monoisotopic (exact) mass is 429 g/mol. The van der Waals surface area contributed by atoms with E-state index >= 15 is 0 Å². The summed E-state index contributed by atoms with van der Waals surface area (Å²) in [5, 5.41) is 4.60. The predicted octanol–water partition coefficient (Wildman–Crippen LogP) is 7.08. The maximum atomic E-state index is 14.3. The van der Waals surface area contributed by atoms with Crippen LogP contribution in [0.4, 0.5) is 13.2 Å². The molecule has 0 aliphatic carbocycles. The number of rotatable bonds is 3. The van der Waals surface area contributed by atoms with Gasteiger partial charge in [-0.15, -0.1) is 0 Å². The molecule has 0 atom stereocenters. The number of pyridine rings is 1. The molecule has 2 heterocycles. The van der Waals surface area contributed by atoms with E-state index in [9.17, 15) is 13.2 Å². The van der Waals surface area contributed by atoms with Crippen molar-refractivity contribution in [1.29, 1.82) is 0 Å². The quantitative estimate of drug-likeness (QED) is 0.307. The Hall–Kier alpha value is -3.93. The number of benzene rings is 3. The molecule has 3 nitrogen and oxygen atoms in total. The second-order valence-electron chi connectivity index (χ2n) is 7.58. The molecule has 2 aromatic heterocycles. The molecule has 5 aromatic rings. The van der Waals surface area contributed by atoms with Gasteiger partial charge in [0.15, 0.2) is 5.65 Å². The van der Waals surface area contributed by atoms with Gasteiger partial charge in [-0.1, -0.05) is 78.4 Å². The molecule has 0 saturated heterocycles. The van der Waals surface area contributed by atoms with E-state index < -0.39 is 11.7 Å². The number of hydrogen-bond acceptors (Lipinski definition) is 2. The highest BCUT2D eigenvalue weighted by Gasteiger charge is 2.36. The summed E-state index contributed by atoms with van der Waals surface area (Å²) in [5.74, 6) is 0. The van der Waals surface area contributed by atoms with Crippen molar-refractivity contribution in [2.45, 2.75) is 13.1 Å². The maximum Gasteiger partial charge on any atom is 0.417 e. The predicted molar refractivity (Wildman–Crippen MR) is 119 cm³/mol. The van der Waals surface area contributed by atoms with Crippen molar-refractivity contribution in [3.05, 3.63) is 102 Å². The fraction of sp³-hybridized carbons (Fsp3) is 0.0769. The zero-order valence-corrected chi connectivity index (χ0v) is 17.1. The van der Waals surface area contributed by atoms with Crippen LogP contribution < -0.4 is 0 Å². The Labute approximate surface area is 182 Å². The van der Waals surface area contributed by atoms with E-state index in [0.29, 0.717) is 16.8 Å². The Morgan fingerprint density at radius 1 is 0.750 bits per heavy atom. The number of nitrogens with zero attached hydrogens (tertiary/aromatic N) is 3. The average Bonchev–Trinajstić information content (AvgIpc) is 3.19. The first kappa shape index (κ1) is 20.0. The summed E-state index contributed by atoms with van der Waals surface area (Å²) in [6.45, 7) is 1.93. The van der Waals surface area contributed by atoms with Crippen molar-refractivity contribution in [1.82, 2.24) is 14.8 Å².